The van der Waals surface area contributed by atoms with Gasteiger partial charge in [-0.05, 0) is 55.3 Å². The van der Waals surface area contributed by atoms with E-state index >= 15 is 0 Å². The van der Waals surface area contributed by atoms with Gasteiger partial charge in [-0.25, -0.2) is 0 Å². The van der Waals surface area contributed by atoms with Crippen LogP contribution in [0.5, 0.6) is 5.75 Å². The summed E-state index contributed by atoms with van der Waals surface area (Å²) in [6.45, 7) is 2.87. The fourth-order valence-corrected chi connectivity index (χ4v) is 2.57. The molecule has 0 saturated heterocycles. The number of rotatable bonds is 8. The first-order chi connectivity index (χ1) is 13.6. The third-order valence-corrected chi connectivity index (χ3v) is 4.11. The number of aryl methyl sites for hydroxylation is 1. The van der Waals surface area contributed by atoms with Gasteiger partial charge >= 0.3 is 0 Å². The minimum Gasteiger partial charge on any atom is -0.494 e. The number of nitrogens with one attached hydrogen (secondary N) is 2. The lowest BCUT2D eigenvalue weighted by Gasteiger charge is -2.11. The van der Waals surface area contributed by atoms with Gasteiger partial charge in [0.2, 0.25) is 0 Å². The molecule has 0 unspecified atom stereocenters. The average molecular weight is 378 g/mol. The third-order valence-electron chi connectivity index (χ3n) is 4.11. The normalized spacial score (nSPS) is 10.3. The fourth-order valence-electron chi connectivity index (χ4n) is 2.57. The number of benzene rings is 2. The van der Waals surface area contributed by atoms with Crippen LogP contribution in [0.15, 0.2) is 71.3 Å². The first kappa shape index (κ1) is 19.2. The van der Waals surface area contributed by atoms with Crippen molar-refractivity contribution in [3.63, 3.8) is 0 Å². The van der Waals surface area contributed by atoms with Crippen LogP contribution in [0.1, 0.15) is 32.9 Å². The molecule has 0 spiro atoms. The van der Waals surface area contributed by atoms with Gasteiger partial charge in [0.25, 0.3) is 11.8 Å². The van der Waals surface area contributed by atoms with Gasteiger partial charge in [-0.15, -0.1) is 0 Å². The van der Waals surface area contributed by atoms with Gasteiger partial charge in [-0.1, -0.05) is 24.3 Å². The summed E-state index contributed by atoms with van der Waals surface area (Å²) in [4.78, 5) is 24.5. The Morgan fingerprint density at radius 3 is 2.57 bits per heavy atom. The van der Waals surface area contributed by atoms with E-state index in [9.17, 15) is 9.59 Å². The Balaban J connectivity index is 1.50. The van der Waals surface area contributed by atoms with E-state index in [-0.39, 0.29) is 17.6 Å². The Kier molecular flexibility index (Phi) is 6.46. The molecule has 0 atom stereocenters. The zero-order chi connectivity index (χ0) is 19.8. The first-order valence-electron chi connectivity index (χ1n) is 9.05. The standard InChI is InChI=1S/C22H22N2O4/c1-16-10-11-17(15-19(16)24-22(26)20-9-5-13-28-20)21(25)23-12-6-14-27-18-7-3-2-4-8-18/h2-5,7-11,13,15H,6,12,14H2,1H3,(H,23,25)(H,24,26). The summed E-state index contributed by atoms with van der Waals surface area (Å²) in [5.41, 5.74) is 1.90. The second kappa shape index (κ2) is 9.41. The number of para-hydroxylation sites is 1. The van der Waals surface area contributed by atoms with Crippen molar-refractivity contribution in [2.24, 2.45) is 0 Å². The van der Waals surface area contributed by atoms with Crippen molar-refractivity contribution in [1.29, 1.82) is 0 Å². The van der Waals surface area contributed by atoms with E-state index in [0.29, 0.717) is 30.8 Å². The number of anilines is 1. The summed E-state index contributed by atoms with van der Waals surface area (Å²) in [7, 11) is 0. The fraction of sp³-hybridized carbons (Fsp3) is 0.182. The molecule has 2 N–H and O–H groups in total. The molecule has 0 aliphatic rings. The highest BCUT2D eigenvalue weighted by Crippen LogP contribution is 2.18. The lowest BCUT2D eigenvalue weighted by atomic mass is 10.1. The molecule has 1 aromatic heterocycles. The molecule has 0 bridgehead atoms. The second-order valence-corrected chi connectivity index (χ2v) is 6.23. The highest BCUT2D eigenvalue weighted by Gasteiger charge is 2.13. The van der Waals surface area contributed by atoms with Gasteiger partial charge in [0, 0.05) is 17.8 Å². The topological polar surface area (TPSA) is 80.6 Å². The predicted molar refractivity (Wildman–Crippen MR) is 107 cm³/mol. The Bertz CT molecular complexity index is 921. The van der Waals surface area contributed by atoms with E-state index in [1.54, 1.807) is 30.3 Å². The molecule has 0 fully saturated rings. The van der Waals surface area contributed by atoms with Gasteiger partial charge in [0.1, 0.15) is 5.75 Å². The number of ether oxygens (including phenoxy) is 1. The molecule has 28 heavy (non-hydrogen) atoms. The van der Waals surface area contributed by atoms with Crippen molar-refractivity contribution in [3.05, 3.63) is 83.8 Å². The summed E-state index contributed by atoms with van der Waals surface area (Å²) in [6.07, 6.45) is 2.13. The van der Waals surface area contributed by atoms with Crippen LogP contribution in [-0.4, -0.2) is 25.0 Å². The molecule has 6 heteroatoms. The van der Waals surface area contributed by atoms with Crippen LogP contribution in [0.4, 0.5) is 5.69 Å². The highest BCUT2D eigenvalue weighted by atomic mass is 16.5. The van der Waals surface area contributed by atoms with Crippen molar-refractivity contribution < 1.29 is 18.7 Å². The Morgan fingerprint density at radius 2 is 1.82 bits per heavy atom. The zero-order valence-corrected chi connectivity index (χ0v) is 15.6. The Hall–Kier alpha value is -3.54. The van der Waals surface area contributed by atoms with Crippen LogP contribution >= 0.6 is 0 Å². The molecule has 3 aromatic rings. The molecule has 144 valence electrons. The number of carbonyl (C=O) groups excluding carboxylic acids is 2. The first-order valence-corrected chi connectivity index (χ1v) is 9.05. The van der Waals surface area contributed by atoms with Gasteiger partial charge in [-0.2, -0.15) is 0 Å². The van der Waals surface area contributed by atoms with Gasteiger partial charge in [0.05, 0.1) is 12.9 Å². The highest BCUT2D eigenvalue weighted by molar-refractivity contribution is 6.03. The molecular weight excluding hydrogens is 356 g/mol. The Labute approximate surface area is 163 Å². The second-order valence-electron chi connectivity index (χ2n) is 6.23. The minimum absolute atomic E-state index is 0.201. The van der Waals surface area contributed by atoms with Crippen LogP contribution in [0.2, 0.25) is 0 Å². The maximum Gasteiger partial charge on any atom is 0.291 e. The molecule has 1 heterocycles. The predicted octanol–water partition coefficient (Wildman–Crippen LogP) is 4.04. The monoisotopic (exact) mass is 378 g/mol. The van der Waals surface area contributed by atoms with Crippen molar-refractivity contribution in [1.82, 2.24) is 5.32 Å². The molecule has 2 amide bonds. The van der Waals surface area contributed by atoms with Crippen molar-refractivity contribution in [2.45, 2.75) is 13.3 Å². The largest absolute Gasteiger partial charge is 0.494 e. The molecule has 0 aliphatic carbocycles. The smallest absolute Gasteiger partial charge is 0.291 e. The van der Waals surface area contributed by atoms with Crippen LogP contribution in [0, 0.1) is 6.92 Å². The summed E-state index contributed by atoms with van der Waals surface area (Å²) in [5, 5.41) is 5.63. The van der Waals surface area contributed by atoms with Crippen molar-refractivity contribution in [2.75, 3.05) is 18.5 Å². The van der Waals surface area contributed by atoms with Gasteiger partial charge in [0.15, 0.2) is 5.76 Å². The van der Waals surface area contributed by atoms with Gasteiger partial charge < -0.3 is 19.8 Å². The van der Waals surface area contributed by atoms with Crippen molar-refractivity contribution >= 4 is 17.5 Å². The van der Waals surface area contributed by atoms with E-state index < -0.39 is 0 Å². The van der Waals surface area contributed by atoms with E-state index in [1.165, 1.54) is 6.26 Å². The molecule has 3 rings (SSSR count). The third kappa shape index (κ3) is 5.23. The van der Waals surface area contributed by atoms with E-state index in [0.717, 1.165) is 11.3 Å². The van der Waals surface area contributed by atoms with Crippen molar-refractivity contribution in [3.8, 4) is 5.75 Å². The van der Waals surface area contributed by atoms with E-state index in [4.69, 9.17) is 9.15 Å². The summed E-state index contributed by atoms with van der Waals surface area (Å²) >= 11 is 0. The molecule has 0 radical (unpaired) electrons. The zero-order valence-electron chi connectivity index (χ0n) is 15.6. The summed E-state index contributed by atoms with van der Waals surface area (Å²) in [6, 6.07) is 18.0. The number of amides is 2. The Morgan fingerprint density at radius 1 is 1.00 bits per heavy atom. The number of hydrogen-bond acceptors (Lipinski definition) is 4. The number of furan rings is 1. The number of carbonyl (C=O) groups is 2. The summed E-state index contributed by atoms with van der Waals surface area (Å²) < 4.78 is 10.7. The quantitative estimate of drug-likeness (QED) is 0.580. The average Bonchev–Trinajstić information content (AvgIpc) is 3.25. The maximum atomic E-state index is 12.4. The van der Waals surface area contributed by atoms with Crippen LogP contribution in [-0.2, 0) is 0 Å². The SMILES string of the molecule is Cc1ccc(C(=O)NCCCOc2ccccc2)cc1NC(=O)c1ccco1. The lowest BCUT2D eigenvalue weighted by Crippen LogP contribution is -2.25. The van der Waals surface area contributed by atoms with Crippen LogP contribution in [0.3, 0.4) is 0 Å². The maximum absolute atomic E-state index is 12.4. The lowest BCUT2D eigenvalue weighted by molar-refractivity contribution is 0.0949. The molecule has 6 nitrogen and oxygen atoms in total. The molecular formula is C22H22N2O4. The number of hydrogen-bond donors (Lipinski definition) is 2. The van der Waals surface area contributed by atoms with Crippen LogP contribution < -0.4 is 15.4 Å². The van der Waals surface area contributed by atoms with E-state index in [2.05, 4.69) is 10.6 Å². The summed E-state index contributed by atoms with van der Waals surface area (Å²) in [5.74, 6) is 0.467. The molecule has 0 saturated carbocycles. The van der Waals surface area contributed by atoms with Crippen LogP contribution in [0.25, 0.3) is 0 Å². The van der Waals surface area contributed by atoms with Gasteiger partial charge in [-0.3, -0.25) is 9.59 Å². The van der Waals surface area contributed by atoms with E-state index in [1.807, 2.05) is 37.3 Å². The molecule has 0 aliphatic heterocycles. The molecule has 2 aromatic carbocycles. The minimum atomic E-state index is -0.358.